The molecule has 1 N–H and O–H groups in total. The zero-order valence-corrected chi connectivity index (χ0v) is 12.9. The molecule has 2 aromatic rings. The molecule has 0 saturated carbocycles. The fraction of sp³-hybridized carbons (Fsp3) is 0.400. The number of rotatable bonds is 6. The first-order valence-corrected chi connectivity index (χ1v) is 8.19. The van der Waals surface area contributed by atoms with E-state index in [1.54, 1.807) is 13.4 Å². The lowest BCUT2D eigenvalue weighted by Gasteiger charge is -2.10. The fourth-order valence-electron chi connectivity index (χ4n) is 1.94. The third kappa shape index (κ3) is 3.55. The van der Waals surface area contributed by atoms with Gasteiger partial charge in [0.25, 0.3) is 0 Å². The fourth-order valence-corrected chi connectivity index (χ4v) is 2.30. The van der Waals surface area contributed by atoms with Crippen molar-refractivity contribution in [1.82, 2.24) is 10.3 Å². The lowest BCUT2D eigenvalue weighted by Crippen LogP contribution is -2.27. The molecule has 0 saturated heterocycles. The maximum atomic E-state index is 11.3. The lowest BCUT2D eigenvalue weighted by atomic mass is 10.2. The number of hydrogen-bond acceptors (Lipinski definition) is 4. The smallest absolute Gasteiger partial charge is 0.145 e. The molecule has 0 radical (unpaired) electrons. The van der Waals surface area contributed by atoms with E-state index in [-0.39, 0.29) is 5.25 Å². The molecule has 0 bridgehead atoms. The number of para-hydroxylation sites is 1. The van der Waals surface area contributed by atoms with Crippen molar-refractivity contribution in [3.8, 4) is 5.75 Å². The highest BCUT2D eigenvalue weighted by atomic mass is 32.2. The van der Waals surface area contributed by atoms with E-state index in [4.69, 9.17) is 4.74 Å². The van der Waals surface area contributed by atoms with Gasteiger partial charge in [0.2, 0.25) is 0 Å². The molecule has 2 rings (SSSR count). The number of benzene rings is 1. The van der Waals surface area contributed by atoms with Gasteiger partial charge in [0, 0.05) is 40.8 Å². The van der Waals surface area contributed by atoms with Gasteiger partial charge in [-0.3, -0.25) is 4.21 Å². The van der Waals surface area contributed by atoms with Crippen molar-refractivity contribution in [2.45, 2.75) is 18.7 Å². The molecule has 0 fully saturated rings. The first kappa shape index (κ1) is 14.9. The SMILES string of the molecule is COc1cccc2ccc(CNCC(C)S(C)=O)nc12. The number of fused-ring (bicyclic) bond motifs is 1. The molecule has 1 aromatic heterocycles. The van der Waals surface area contributed by atoms with E-state index in [1.807, 2.05) is 37.3 Å². The molecule has 0 aliphatic carbocycles. The van der Waals surface area contributed by atoms with Crippen LogP contribution in [0.4, 0.5) is 0 Å². The third-order valence-electron chi connectivity index (χ3n) is 3.27. The largest absolute Gasteiger partial charge is 0.494 e. The van der Waals surface area contributed by atoms with Crippen LogP contribution in [0, 0.1) is 0 Å². The van der Waals surface area contributed by atoms with Crippen LogP contribution >= 0.6 is 0 Å². The summed E-state index contributed by atoms with van der Waals surface area (Å²) in [4.78, 5) is 4.62. The summed E-state index contributed by atoms with van der Waals surface area (Å²) in [6, 6.07) is 9.93. The van der Waals surface area contributed by atoms with Crippen molar-refractivity contribution < 1.29 is 8.95 Å². The van der Waals surface area contributed by atoms with E-state index in [0.29, 0.717) is 6.54 Å². The molecule has 0 aliphatic heterocycles. The first-order chi connectivity index (χ1) is 9.61. The van der Waals surface area contributed by atoms with Gasteiger partial charge in [-0.05, 0) is 19.1 Å². The van der Waals surface area contributed by atoms with Crippen molar-refractivity contribution in [2.24, 2.45) is 0 Å². The Morgan fingerprint density at radius 2 is 2.15 bits per heavy atom. The van der Waals surface area contributed by atoms with Gasteiger partial charge in [-0.15, -0.1) is 0 Å². The van der Waals surface area contributed by atoms with E-state index < -0.39 is 10.8 Å². The normalized spacial score (nSPS) is 14.2. The minimum atomic E-state index is -0.798. The number of nitrogens with one attached hydrogen (secondary N) is 1. The maximum absolute atomic E-state index is 11.3. The number of ether oxygens (including phenoxy) is 1. The standard InChI is InChI=1S/C15H20N2O2S/c1-11(20(3)18)9-16-10-13-8-7-12-5-4-6-14(19-2)15(12)17-13/h4-8,11,16H,9-10H2,1-3H3. The summed E-state index contributed by atoms with van der Waals surface area (Å²) in [5, 5.41) is 4.50. The van der Waals surface area contributed by atoms with Crippen molar-refractivity contribution in [3.63, 3.8) is 0 Å². The highest BCUT2D eigenvalue weighted by Gasteiger charge is 2.07. The Labute approximate surface area is 122 Å². The minimum Gasteiger partial charge on any atom is -0.494 e. The number of aromatic nitrogens is 1. The number of nitrogens with zero attached hydrogens (tertiary/aromatic N) is 1. The van der Waals surface area contributed by atoms with E-state index in [1.165, 1.54) is 0 Å². The van der Waals surface area contributed by atoms with Gasteiger partial charge in [-0.1, -0.05) is 18.2 Å². The lowest BCUT2D eigenvalue weighted by molar-refractivity contribution is 0.418. The highest BCUT2D eigenvalue weighted by Crippen LogP contribution is 2.23. The monoisotopic (exact) mass is 292 g/mol. The molecule has 0 amide bonds. The summed E-state index contributed by atoms with van der Waals surface area (Å²) in [5.74, 6) is 0.785. The molecule has 0 spiro atoms. The van der Waals surface area contributed by atoms with Crippen LogP contribution < -0.4 is 10.1 Å². The van der Waals surface area contributed by atoms with Gasteiger partial charge in [0.1, 0.15) is 11.3 Å². The van der Waals surface area contributed by atoms with Gasteiger partial charge < -0.3 is 10.1 Å². The molecule has 0 aliphatic rings. The number of pyridine rings is 1. The van der Waals surface area contributed by atoms with E-state index >= 15 is 0 Å². The van der Waals surface area contributed by atoms with Crippen LogP contribution in [0.25, 0.3) is 10.9 Å². The minimum absolute atomic E-state index is 0.144. The Morgan fingerprint density at radius 3 is 2.85 bits per heavy atom. The van der Waals surface area contributed by atoms with Gasteiger partial charge in [0.15, 0.2) is 0 Å². The molecule has 4 nitrogen and oxygen atoms in total. The van der Waals surface area contributed by atoms with Gasteiger partial charge in [-0.25, -0.2) is 4.98 Å². The topological polar surface area (TPSA) is 51.2 Å². The first-order valence-electron chi connectivity index (χ1n) is 6.57. The Balaban J connectivity index is 2.09. The van der Waals surface area contributed by atoms with Crippen molar-refractivity contribution in [1.29, 1.82) is 0 Å². The molecule has 2 atom stereocenters. The molecule has 20 heavy (non-hydrogen) atoms. The average molecular weight is 292 g/mol. The second-order valence-corrected chi connectivity index (χ2v) is 6.58. The van der Waals surface area contributed by atoms with Crippen LogP contribution in [0.2, 0.25) is 0 Å². The van der Waals surface area contributed by atoms with Crippen molar-refractivity contribution in [3.05, 3.63) is 36.0 Å². The van der Waals surface area contributed by atoms with Crippen LogP contribution in [-0.4, -0.2) is 34.4 Å². The predicted octanol–water partition coefficient (Wildman–Crippen LogP) is 2.10. The summed E-state index contributed by atoms with van der Waals surface area (Å²) in [7, 11) is 0.854. The van der Waals surface area contributed by atoms with Crippen LogP contribution in [0.5, 0.6) is 5.75 Å². The average Bonchev–Trinajstić information content (AvgIpc) is 2.46. The van der Waals surface area contributed by atoms with E-state index in [2.05, 4.69) is 10.3 Å². The summed E-state index contributed by atoms with van der Waals surface area (Å²) in [6.45, 7) is 3.35. The highest BCUT2D eigenvalue weighted by molar-refractivity contribution is 7.84. The Morgan fingerprint density at radius 1 is 1.35 bits per heavy atom. The van der Waals surface area contributed by atoms with Crippen LogP contribution in [0.3, 0.4) is 0 Å². The Kier molecular flexibility index (Phi) is 5.09. The summed E-state index contributed by atoms with van der Waals surface area (Å²) >= 11 is 0. The second kappa shape index (κ2) is 6.81. The number of hydrogen-bond donors (Lipinski definition) is 1. The summed E-state index contributed by atoms with van der Waals surface area (Å²) in [5.41, 5.74) is 1.83. The molecule has 1 heterocycles. The zero-order valence-electron chi connectivity index (χ0n) is 12.1. The van der Waals surface area contributed by atoms with Crippen LogP contribution in [0.15, 0.2) is 30.3 Å². The maximum Gasteiger partial charge on any atom is 0.145 e. The van der Waals surface area contributed by atoms with Crippen molar-refractivity contribution >= 4 is 21.7 Å². The third-order valence-corrected chi connectivity index (χ3v) is 4.57. The molecule has 2 unspecified atom stereocenters. The molecule has 5 heteroatoms. The number of methoxy groups -OCH3 is 1. The predicted molar refractivity (Wildman–Crippen MR) is 83.5 cm³/mol. The van der Waals surface area contributed by atoms with Crippen molar-refractivity contribution in [2.75, 3.05) is 19.9 Å². The quantitative estimate of drug-likeness (QED) is 0.886. The molecule has 108 valence electrons. The van der Waals surface area contributed by atoms with Gasteiger partial charge in [0.05, 0.1) is 12.8 Å². The van der Waals surface area contributed by atoms with Gasteiger partial charge in [-0.2, -0.15) is 0 Å². The summed E-state index contributed by atoms with van der Waals surface area (Å²) < 4.78 is 16.6. The molecular weight excluding hydrogens is 272 g/mol. The van der Waals surface area contributed by atoms with E-state index in [0.717, 1.165) is 28.9 Å². The summed E-state index contributed by atoms with van der Waals surface area (Å²) in [6.07, 6.45) is 1.73. The van der Waals surface area contributed by atoms with Crippen LogP contribution in [0.1, 0.15) is 12.6 Å². The second-order valence-electron chi connectivity index (χ2n) is 4.77. The zero-order chi connectivity index (χ0) is 14.5. The van der Waals surface area contributed by atoms with Gasteiger partial charge >= 0.3 is 0 Å². The molecule has 1 aromatic carbocycles. The molecular formula is C15H20N2O2S. The Bertz CT molecular complexity index is 616. The van der Waals surface area contributed by atoms with E-state index in [9.17, 15) is 4.21 Å². The Hall–Kier alpha value is -1.46. The van der Waals surface area contributed by atoms with Crippen LogP contribution in [-0.2, 0) is 17.3 Å².